The molecule has 0 saturated heterocycles. The number of fused-ring (bicyclic) bond motifs is 1. The molecular weight excluding hydrogens is 485 g/mol. The van der Waals surface area contributed by atoms with Gasteiger partial charge in [0.25, 0.3) is 5.91 Å². The minimum atomic E-state index is -0.321. The Labute approximate surface area is 192 Å². The Morgan fingerprint density at radius 1 is 1.19 bits per heavy atom. The monoisotopic (exact) mass is 501 g/mol. The lowest BCUT2D eigenvalue weighted by Crippen LogP contribution is -2.32. The van der Waals surface area contributed by atoms with E-state index in [1.807, 2.05) is 18.2 Å². The lowest BCUT2D eigenvalue weighted by atomic mass is 10.1. The SMILES string of the molecule is COCN(Cc1ccc(Br)cc1Cl)C(=O)c1cccc2c1cnn2-c1ccc(F)cc1. The zero-order valence-corrected chi connectivity index (χ0v) is 18.9. The third-order valence-corrected chi connectivity index (χ3v) is 5.71. The average Bonchev–Trinajstić information content (AvgIpc) is 3.19. The van der Waals surface area contributed by atoms with E-state index in [0.717, 1.165) is 15.6 Å². The van der Waals surface area contributed by atoms with Crippen molar-refractivity contribution in [2.75, 3.05) is 13.8 Å². The van der Waals surface area contributed by atoms with E-state index in [2.05, 4.69) is 21.0 Å². The van der Waals surface area contributed by atoms with Crippen molar-refractivity contribution in [3.05, 3.63) is 93.3 Å². The maximum Gasteiger partial charge on any atom is 0.256 e. The summed E-state index contributed by atoms with van der Waals surface area (Å²) < 4.78 is 21.1. The molecule has 0 aliphatic heterocycles. The number of carbonyl (C=O) groups is 1. The minimum Gasteiger partial charge on any atom is -0.364 e. The van der Waals surface area contributed by atoms with Gasteiger partial charge in [-0.3, -0.25) is 4.79 Å². The van der Waals surface area contributed by atoms with E-state index < -0.39 is 0 Å². The number of hydrogen-bond donors (Lipinski definition) is 0. The van der Waals surface area contributed by atoms with Crippen LogP contribution in [0.15, 0.2) is 71.3 Å². The van der Waals surface area contributed by atoms with Gasteiger partial charge in [-0.15, -0.1) is 0 Å². The molecule has 1 aromatic heterocycles. The Hall–Kier alpha value is -2.74. The molecule has 8 heteroatoms. The fourth-order valence-electron chi connectivity index (χ4n) is 3.38. The standard InChI is InChI=1S/C23H18BrClFN3O2/c1-31-14-28(13-15-5-6-16(24)11-21(15)25)23(30)19-3-2-4-22-20(19)12-27-29(22)18-9-7-17(26)8-10-18/h2-12H,13-14H2,1H3. The molecule has 1 heterocycles. The average molecular weight is 503 g/mol. The first-order valence-corrected chi connectivity index (χ1v) is 10.6. The highest BCUT2D eigenvalue weighted by Crippen LogP contribution is 2.26. The molecule has 5 nitrogen and oxygen atoms in total. The largest absolute Gasteiger partial charge is 0.364 e. The Bertz CT molecular complexity index is 1240. The number of ether oxygens (including phenoxy) is 1. The molecule has 4 rings (SSSR count). The summed E-state index contributed by atoms with van der Waals surface area (Å²) in [5.74, 6) is -0.525. The number of methoxy groups -OCH3 is 1. The molecule has 158 valence electrons. The normalized spacial score (nSPS) is 11.1. The summed E-state index contributed by atoms with van der Waals surface area (Å²) in [6.07, 6.45) is 1.64. The molecular formula is C23H18BrClFN3O2. The molecule has 31 heavy (non-hydrogen) atoms. The van der Waals surface area contributed by atoms with Gasteiger partial charge in [0.05, 0.1) is 23.0 Å². The summed E-state index contributed by atoms with van der Waals surface area (Å²) in [5.41, 5.74) is 2.76. The summed E-state index contributed by atoms with van der Waals surface area (Å²) in [5, 5.41) is 5.67. The van der Waals surface area contributed by atoms with Crippen molar-refractivity contribution in [3.63, 3.8) is 0 Å². The van der Waals surface area contributed by atoms with Crippen LogP contribution in [0, 0.1) is 5.82 Å². The van der Waals surface area contributed by atoms with E-state index >= 15 is 0 Å². The van der Waals surface area contributed by atoms with Crippen molar-refractivity contribution in [1.29, 1.82) is 0 Å². The maximum atomic E-state index is 13.4. The number of halogens is 3. The topological polar surface area (TPSA) is 47.4 Å². The number of benzene rings is 3. The first-order chi connectivity index (χ1) is 15.0. The molecule has 0 atom stereocenters. The molecule has 1 amide bonds. The predicted octanol–water partition coefficient (Wildman–Crippen LogP) is 5.83. The summed E-state index contributed by atoms with van der Waals surface area (Å²) in [7, 11) is 1.54. The second-order valence-corrected chi connectivity index (χ2v) is 8.25. The van der Waals surface area contributed by atoms with Gasteiger partial charge in [0.1, 0.15) is 12.5 Å². The van der Waals surface area contributed by atoms with Crippen molar-refractivity contribution in [2.45, 2.75) is 6.54 Å². The Kier molecular flexibility index (Phi) is 6.36. The van der Waals surface area contributed by atoms with Crippen LogP contribution in [0.5, 0.6) is 0 Å². The van der Waals surface area contributed by atoms with Crippen LogP contribution in [0.1, 0.15) is 15.9 Å². The summed E-state index contributed by atoms with van der Waals surface area (Å²) >= 11 is 9.74. The van der Waals surface area contributed by atoms with Crippen LogP contribution in [-0.4, -0.2) is 34.4 Å². The highest BCUT2D eigenvalue weighted by molar-refractivity contribution is 9.10. The first kappa shape index (κ1) is 21.5. The van der Waals surface area contributed by atoms with Crippen molar-refractivity contribution in [1.82, 2.24) is 14.7 Å². The van der Waals surface area contributed by atoms with E-state index in [0.29, 0.717) is 28.2 Å². The molecule has 0 spiro atoms. The molecule has 0 aliphatic rings. The van der Waals surface area contributed by atoms with Gasteiger partial charge in [0.2, 0.25) is 0 Å². The molecule has 0 saturated carbocycles. The van der Waals surface area contributed by atoms with Crippen LogP contribution in [0.4, 0.5) is 4.39 Å². The lowest BCUT2D eigenvalue weighted by molar-refractivity contribution is 0.0392. The van der Waals surface area contributed by atoms with Gasteiger partial charge in [-0.25, -0.2) is 9.07 Å². The molecule has 0 aliphatic carbocycles. The fourth-order valence-corrected chi connectivity index (χ4v) is 4.12. The number of amides is 1. The molecule has 0 N–H and O–H groups in total. The Morgan fingerprint density at radius 2 is 1.97 bits per heavy atom. The number of aromatic nitrogens is 2. The number of rotatable bonds is 6. The minimum absolute atomic E-state index is 0.105. The van der Waals surface area contributed by atoms with E-state index in [4.69, 9.17) is 16.3 Å². The molecule has 3 aromatic carbocycles. The van der Waals surface area contributed by atoms with Gasteiger partial charge in [-0.2, -0.15) is 5.10 Å². The van der Waals surface area contributed by atoms with E-state index in [1.54, 1.807) is 46.1 Å². The number of carbonyl (C=O) groups excluding carboxylic acids is 1. The van der Waals surface area contributed by atoms with Gasteiger partial charge < -0.3 is 9.64 Å². The van der Waals surface area contributed by atoms with Crippen LogP contribution in [0.25, 0.3) is 16.6 Å². The van der Waals surface area contributed by atoms with Crippen molar-refractivity contribution in [3.8, 4) is 5.69 Å². The second kappa shape index (κ2) is 9.18. The summed E-state index contributed by atoms with van der Waals surface area (Å²) in [4.78, 5) is 15.0. The summed E-state index contributed by atoms with van der Waals surface area (Å²) in [6, 6.07) is 17.0. The quantitative estimate of drug-likeness (QED) is 0.312. The van der Waals surface area contributed by atoms with Crippen LogP contribution in [0.2, 0.25) is 5.02 Å². The predicted molar refractivity (Wildman–Crippen MR) is 122 cm³/mol. The molecule has 0 fully saturated rings. The van der Waals surface area contributed by atoms with E-state index in [1.165, 1.54) is 19.2 Å². The third-order valence-electron chi connectivity index (χ3n) is 4.86. The van der Waals surface area contributed by atoms with Gasteiger partial charge in [-0.1, -0.05) is 39.7 Å². The van der Waals surface area contributed by atoms with Crippen molar-refractivity contribution >= 4 is 44.3 Å². The molecule has 0 bridgehead atoms. The highest BCUT2D eigenvalue weighted by atomic mass is 79.9. The number of nitrogens with zero attached hydrogens (tertiary/aromatic N) is 3. The zero-order chi connectivity index (χ0) is 22.0. The second-order valence-electron chi connectivity index (χ2n) is 6.93. The van der Waals surface area contributed by atoms with Gasteiger partial charge in [-0.05, 0) is 54.1 Å². The number of hydrogen-bond acceptors (Lipinski definition) is 3. The van der Waals surface area contributed by atoms with Crippen LogP contribution >= 0.6 is 27.5 Å². The fraction of sp³-hybridized carbons (Fsp3) is 0.130. The Morgan fingerprint density at radius 3 is 2.68 bits per heavy atom. The molecule has 0 radical (unpaired) electrons. The van der Waals surface area contributed by atoms with Crippen LogP contribution < -0.4 is 0 Å². The van der Waals surface area contributed by atoms with Crippen LogP contribution in [-0.2, 0) is 11.3 Å². The van der Waals surface area contributed by atoms with Gasteiger partial charge >= 0.3 is 0 Å². The zero-order valence-electron chi connectivity index (χ0n) is 16.6. The van der Waals surface area contributed by atoms with E-state index in [-0.39, 0.29) is 18.5 Å². The lowest BCUT2D eigenvalue weighted by Gasteiger charge is -2.23. The maximum absolute atomic E-state index is 13.4. The van der Waals surface area contributed by atoms with Crippen molar-refractivity contribution < 1.29 is 13.9 Å². The van der Waals surface area contributed by atoms with Crippen molar-refractivity contribution in [2.24, 2.45) is 0 Å². The summed E-state index contributed by atoms with van der Waals surface area (Å²) in [6.45, 7) is 0.398. The molecule has 4 aromatic rings. The molecule has 0 unspecified atom stereocenters. The van der Waals surface area contributed by atoms with Crippen LogP contribution in [0.3, 0.4) is 0 Å². The van der Waals surface area contributed by atoms with E-state index in [9.17, 15) is 9.18 Å². The van der Waals surface area contributed by atoms with Gasteiger partial charge in [0, 0.05) is 28.5 Å². The first-order valence-electron chi connectivity index (χ1n) is 9.43. The Balaban J connectivity index is 1.70. The highest BCUT2D eigenvalue weighted by Gasteiger charge is 2.21. The van der Waals surface area contributed by atoms with Gasteiger partial charge in [0.15, 0.2) is 0 Å². The third kappa shape index (κ3) is 4.49. The smallest absolute Gasteiger partial charge is 0.256 e.